The van der Waals surface area contributed by atoms with Crippen LogP contribution in [-0.2, 0) is 10.0 Å². The molecule has 12 heteroatoms. The minimum Gasteiger partial charge on any atom is -0.497 e. The normalized spacial score (nSPS) is 17.4. The lowest BCUT2D eigenvalue weighted by atomic mass is 10.0. The molecule has 8 nitrogen and oxygen atoms in total. The van der Waals surface area contributed by atoms with Gasteiger partial charge in [-0.15, -0.1) is 21.5 Å². The van der Waals surface area contributed by atoms with Crippen molar-refractivity contribution in [3.63, 3.8) is 0 Å². The van der Waals surface area contributed by atoms with Crippen LogP contribution < -0.4 is 10.1 Å². The van der Waals surface area contributed by atoms with Gasteiger partial charge in [-0.2, -0.15) is 4.31 Å². The van der Waals surface area contributed by atoms with Gasteiger partial charge in [0.15, 0.2) is 0 Å². The Labute approximate surface area is 192 Å². The van der Waals surface area contributed by atoms with E-state index in [1.165, 1.54) is 21.7 Å². The molecule has 4 rings (SSSR count). The lowest BCUT2D eigenvalue weighted by Gasteiger charge is -2.30. The van der Waals surface area contributed by atoms with Gasteiger partial charge in [0.2, 0.25) is 5.01 Å². The maximum absolute atomic E-state index is 12.9. The van der Waals surface area contributed by atoms with Crippen LogP contribution >= 0.6 is 34.3 Å². The fourth-order valence-corrected chi connectivity index (χ4v) is 7.30. The Balaban J connectivity index is 1.45. The van der Waals surface area contributed by atoms with Crippen molar-refractivity contribution in [3.05, 3.63) is 50.7 Å². The zero-order valence-corrected chi connectivity index (χ0v) is 19.7. The second-order valence-corrected chi connectivity index (χ2v) is 11.8. The monoisotopic (exact) mass is 498 g/mol. The molecule has 1 amide bonds. The van der Waals surface area contributed by atoms with Crippen LogP contribution in [0.5, 0.6) is 5.75 Å². The number of sulfonamides is 1. The molecule has 0 aliphatic carbocycles. The van der Waals surface area contributed by atoms with Crippen LogP contribution in [0, 0.1) is 0 Å². The topological polar surface area (TPSA) is 101 Å². The average Bonchev–Trinajstić information content (AvgIpc) is 3.44. The molecule has 0 spiro atoms. The van der Waals surface area contributed by atoms with Gasteiger partial charge in [0.1, 0.15) is 15.0 Å². The highest BCUT2D eigenvalue weighted by molar-refractivity contribution is 7.91. The SMILES string of the molecule is COc1ccc(NC(=O)c2nnc(C3CCCN(S(=O)(=O)c4ccc(Cl)s4)C3)s2)cc1. The number of hydrogen-bond donors (Lipinski definition) is 1. The van der Waals surface area contributed by atoms with Gasteiger partial charge in [-0.1, -0.05) is 22.9 Å². The Hall–Kier alpha value is -2.05. The summed E-state index contributed by atoms with van der Waals surface area (Å²) in [5.41, 5.74) is 0.618. The van der Waals surface area contributed by atoms with Gasteiger partial charge < -0.3 is 10.1 Å². The van der Waals surface area contributed by atoms with Crippen molar-refractivity contribution in [2.75, 3.05) is 25.5 Å². The summed E-state index contributed by atoms with van der Waals surface area (Å²) in [6.07, 6.45) is 1.49. The summed E-state index contributed by atoms with van der Waals surface area (Å²) < 4.78 is 33.1. The van der Waals surface area contributed by atoms with Crippen LogP contribution in [0.4, 0.5) is 5.69 Å². The molecule has 3 heterocycles. The third-order valence-electron chi connectivity index (χ3n) is 4.86. The van der Waals surface area contributed by atoms with Crippen molar-refractivity contribution >= 4 is 55.9 Å². The number of nitrogens with zero attached hydrogens (tertiary/aromatic N) is 3. The second kappa shape index (κ2) is 9.21. The predicted octanol–water partition coefficient (Wildman–Crippen LogP) is 4.08. The van der Waals surface area contributed by atoms with Crippen LogP contribution in [0.15, 0.2) is 40.6 Å². The molecule has 0 saturated carbocycles. The van der Waals surface area contributed by atoms with E-state index in [4.69, 9.17) is 16.3 Å². The van der Waals surface area contributed by atoms with Crippen LogP contribution in [-0.4, -0.2) is 49.0 Å². The number of benzene rings is 1. The van der Waals surface area contributed by atoms with Crippen LogP contribution in [0.1, 0.15) is 33.6 Å². The number of carbonyl (C=O) groups excluding carboxylic acids is 1. The molecule has 2 aromatic heterocycles. The zero-order chi connectivity index (χ0) is 22.0. The van der Waals surface area contributed by atoms with E-state index in [2.05, 4.69) is 15.5 Å². The van der Waals surface area contributed by atoms with Crippen molar-refractivity contribution in [1.82, 2.24) is 14.5 Å². The minimum atomic E-state index is -3.60. The third-order valence-corrected chi connectivity index (χ3v) is 9.51. The summed E-state index contributed by atoms with van der Waals surface area (Å²) in [6.45, 7) is 0.741. The maximum atomic E-state index is 12.9. The number of amides is 1. The number of rotatable bonds is 6. The van der Waals surface area contributed by atoms with Gasteiger partial charge in [-0.3, -0.25) is 4.79 Å². The van der Waals surface area contributed by atoms with E-state index in [1.807, 2.05) is 0 Å². The van der Waals surface area contributed by atoms with Crippen molar-refractivity contribution in [3.8, 4) is 5.75 Å². The summed E-state index contributed by atoms with van der Waals surface area (Å²) in [5, 5.41) is 11.9. The molecule has 0 bridgehead atoms. The molecule has 164 valence electrons. The first-order valence-electron chi connectivity index (χ1n) is 9.41. The molecule has 0 radical (unpaired) electrons. The van der Waals surface area contributed by atoms with E-state index in [0.29, 0.717) is 40.3 Å². The number of halogens is 1. The second-order valence-electron chi connectivity index (χ2n) is 6.89. The molecule has 1 aliphatic heterocycles. The number of piperidine rings is 1. The van der Waals surface area contributed by atoms with Gasteiger partial charge >= 0.3 is 0 Å². The van der Waals surface area contributed by atoms with Crippen molar-refractivity contribution < 1.29 is 17.9 Å². The Morgan fingerprint density at radius 1 is 1.19 bits per heavy atom. The molecule has 3 aromatic rings. The van der Waals surface area contributed by atoms with E-state index in [-0.39, 0.29) is 21.0 Å². The van der Waals surface area contributed by atoms with E-state index in [0.717, 1.165) is 17.8 Å². The first-order chi connectivity index (χ1) is 14.9. The number of ether oxygens (including phenoxy) is 1. The van der Waals surface area contributed by atoms with Crippen LogP contribution in [0.25, 0.3) is 0 Å². The molecular weight excluding hydrogens is 480 g/mol. The number of anilines is 1. The minimum absolute atomic E-state index is 0.112. The molecule has 1 saturated heterocycles. The standard InChI is InChI=1S/C19H19ClN4O4S3/c1-28-14-6-4-13(5-7-14)21-17(25)19-23-22-18(30-19)12-3-2-10-24(11-12)31(26,27)16-9-8-15(20)29-16/h4-9,12H,2-3,10-11H2,1H3,(H,21,25). The Morgan fingerprint density at radius 3 is 2.65 bits per heavy atom. The van der Waals surface area contributed by atoms with Crippen molar-refractivity contribution in [1.29, 1.82) is 0 Å². The molecule has 1 aromatic carbocycles. The number of aromatic nitrogens is 2. The van der Waals surface area contributed by atoms with E-state index in [9.17, 15) is 13.2 Å². The summed E-state index contributed by atoms with van der Waals surface area (Å²) in [4.78, 5) is 12.5. The van der Waals surface area contributed by atoms with Gasteiger partial charge in [0.05, 0.1) is 11.4 Å². The number of methoxy groups -OCH3 is 1. The number of thiophene rings is 1. The van der Waals surface area contributed by atoms with Crippen LogP contribution in [0.2, 0.25) is 4.34 Å². The Kier molecular flexibility index (Phi) is 6.58. The largest absolute Gasteiger partial charge is 0.497 e. The fourth-order valence-electron chi connectivity index (χ4n) is 3.28. The number of hydrogen-bond acceptors (Lipinski definition) is 8. The highest BCUT2D eigenvalue weighted by atomic mass is 35.5. The maximum Gasteiger partial charge on any atom is 0.286 e. The summed E-state index contributed by atoms with van der Waals surface area (Å²) >= 11 is 8.14. The lowest BCUT2D eigenvalue weighted by molar-refractivity contribution is 0.102. The van der Waals surface area contributed by atoms with E-state index >= 15 is 0 Å². The van der Waals surface area contributed by atoms with Crippen LogP contribution in [0.3, 0.4) is 0 Å². The highest BCUT2D eigenvalue weighted by Crippen LogP contribution is 2.34. The van der Waals surface area contributed by atoms with E-state index in [1.54, 1.807) is 37.4 Å². The summed E-state index contributed by atoms with van der Waals surface area (Å²) in [7, 11) is -2.03. The smallest absolute Gasteiger partial charge is 0.286 e. The highest BCUT2D eigenvalue weighted by Gasteiger charge is 2.33. The molecule has 31 heavy (non-hydrogen) atoms. The zero-order valence-electron chi connectivity index (χ0n) is 16.4. The van der Waals surface area contributed by atoms with Gasteiger partial charge in [-0.25, -0.2) is 8.42 Å². The first-order valence-corrected chi connectivity index (χ1v) is 12.9. The molecule has 1 unspecified atom stereocenters. The average molecular weight is 499 g/mol. The molecule has 1 fully saturated rings. The predicted molar refractivity (Wildman–Crippen MR) is 121 cm³/mol. The van der Waals surface area contributed by atoms with E-state index < -0.39 is 10.0 Å². The molecule has 1 N–H and O–H groups in total. The molecular formula is C19H19ClN4O4S3. The number of nitrogens with one attached hydrogen (secondary N) is 1. The van der Waals surface area contributed by atoms with Crippen molar-refractivity contribution in [2.24, 2.45) is 0 Å². The first kappa shape index (κ1) is 22.2. The molecule has 1 aliphatic rings. The fraction of sp³-hybridized carbons (Fsp3) is 0.316. The third kappa shape index (κ3) is 4.90. The Morgan fingerprint density at radius 2 is 1.97 bits per heavy atom. The number of carbonyl (C=O) groups is 1. The quantitative estimate of drug-likeness (QED) is 0.549. The molecule has 1 atom stereocenters. The Bertz CT molecular complexity index is 1180. The van der Waals surface area contributed by atoms with Gasteiger partial charge in [-0.05, 0) is 49.2 Å². The van der Waals surface area contributed by atoms with Gasteiger partial charge in [0, 0.05) is 24.7 Å². The van der Waals surface area contributed by atoms with Crippen molar-refractivity contribution in [2.45, 2.75) is 23.0 Å². The lowest BCUT2D eigenvalue weighted by Crippen LogP contribution is -2.38. The summed E-state index contributed by atoms with van der Waals surface area (Å²) in [5.74, 6) is 0.222. The summed E-state index contributed by atoms with van der Waals surface area (Å²) in [6, 6.07) is 10.1. The van der Waals surface area contributed by atoms with Gasteiger partial charge in [0.25, 0.3) is 15.9 Å².